The molecule has 2 fully saturated rings. The Morgan fingerprint density at radius 3 is 1.65 bits per heavy atom. The van der Waals surface area contributed by atoms with E-state index >= 15 is 0 Å². The van der Waals surface area contributed by atoms with Gasteiger partial charge in [-0.2, -0.15) is 26.3 Å². The molecule has 0 aromatic carbocycles. The third-order valence-electron chi connectivity index (χ3n) is 3.99. The number of likely N-dealkylation sites (tertiary alicyclic amines) is 1. The van der Waals surface area contributed by atoms with Crippen molar-refractivity contribution < 1.29 is 0 Å². The van der Waals surface area contributed by atoms with Crippen molar-refractivity contribution in [3.63, 3.8) is 0 Å². The Balaban J connectivity index is 0.000000581. The van der Waals surface area contributed by atoms with Gasteiger partial charge in [-0.15, -0.1) is 0 Å². The summed E-state index contributed by atoms with van der Waals surface area (Å²) in [6.07, 6.45) is 6.48. The van der Waals surface area contributed by atoms with Gasteiger partial charge in [-0.1, -0.05) is 6.42 Å². The quantitative estimate of drug-likeness (QED) is 0.514. The zero-order valence-corrected chi connectivity index (χ0v) is 15.3. The molecule has 2 rings (SSSR count). The zero-order valence-electron chi connectivity index (χ0n) is 13.3. The van der Waals surface area contributed by atoms with E-state index in [0.717, 1.165) is 4.90 Å². The largest absolute Gasteiger partial charge is 0.317 e. The topological polar surface area (TPSA) is 134 Å². The van der Waals surface area contributed by atoms with Gasteiger partial charge in [0.2, 0.25) is 0 Å². The van der Waals surface area contributed by atoms with Crippen LogP contribution in [0.1, 0.15) is 32.1 Å². The summed E-state index contributed by atoms with van der Waals surface area (Å²) in [5.41, 5.74) is -3.76. The van der Waals surface area contributed by atoms with Crippen LogP contribution in [0.3, 0.4) is 0 Å². The Morgan fingerprint density at radius 1 is 0.783 bits per heavy atom. The number of nitrogens with zero attached hydrogens (tertiary/aromatic N) is 6. The third-order valence-corrected chi connectivity index (χ3v) is 3.99. The molecule has 2 aliphatic heterocycles. The molecule has 0 spiro atoms. The second kappa shape index (κ2) is 10.1. The molecule has 0 aromatic rings. The van der Waals surface area contributed by atoms with Crippen molar-refractivity contribution in [2.75, 3.05) is 19.6 Å². The van der Waals surface area contributed by atoms with E-state index in [1.54, 1.807) is 30.5 Å². The number of rotatable bonds is 0. The maximum atomic E-state index is 9.07. The number of nitrogens with one attached hydrogen (secondary N) is 1. The van der Waals surface area contributed by atoms with Crippen LogP contribution in [0.25, 0.3) is 0 Å². The Labute approximate surface area is 159 Å². The van der Waals surface area contributed by atoms with E-state index < -0.39 is 11.0 Å². The van der Waals surface area contributed by atoms with Gasteiger partial charge in [-0.05, 0) is 38.8 Å². The van der Waals surface area contributed by atoms with E-state index in [2.05, 4.69) is 5.32 Å². The summed E-state index contributed by atoms with van der Waals surface area (Å²) < 4.78 is 0. The maximum absolute atomic E-state index is 9.07. The van der Waals surface area contributed by atoms with Crippen LogP contribution in [0, 0.1) is 62.2 Å². The molecule has 0 atom stereocenters. The van der Waals surface area contributed by atoms with E-state index in [1.807, 2.05) is 0 Å². The van der Waals surface area contributed by atoms with Crippen molar-refractivity contribution >= 4 is 29.6 Å². The van der Waals surface area contributed by atoms with E-state index in [0.29, 0.717) is 6.42 Å². The Bertz CT molecular complexity index is 552. The van der Waals surface area contributed by atoms with Gasteiger partial charge < -0.3 is 5.32 Å². The van der Waals surface area contributed by atoms with Crippen LogP contribution in [0.4, 0.5) is 0 Å². The third kappa shape index (κ3) is 4.14. The van der Waals surface area contributed by atoms with Crippen LogP contribution in [-0.2, 0) is 0 Å². The minimum absolute atomic E-state index is 0. The predicted molar refractivity (Wildman–Crippen MR) is 81.6 cm³/mol. The summed E-state index contributed by atoms with van der Waals surface area (Å²) >= 11 is 0. The summed E-state index contributed by atoms with van der Waals surface area (Å²) in [6.45, 7) is 2.71. The molecule has 0 aromatic heterocycles. The first-order chi connectivity index (χ1) is 10.7. The first-order valence-corrected chi connectivity index (χ1v) is 7.19. The molecular weight excluding hydrogens is 301 g/mol. The molecule has 113 valence electrons. The van der Waals surface area contributed by atoms with Crippen molar-refractivity contribution in [2.45, 2.75) is 37.6 Å². The van der Waals surface area contributed by atoms with Crippen LogP contribution in [0.15, 0.2) is 0 Å². The van der Waals surface area contributed by atoms with Gasteiger partial charge in [0.15, 0.2) is 11.6 Å². The summed E-state index contributed by atoms with van der Waals surface area (Å²) in [5, 5.41) is 48.4. The SMILES string of the molecule is C1CCNCC1.N#CN1CCCC(C#N)(C#N)C1(C#N)C#N.[Na]. The van der Waals surface area contributed by atoms with Gasteiger partial charge >= 0.3 is 0 Å². The van der Waals surface area contributed by atoms with Crippen LogP contribution in [-0.4, -0.2) is 59.6 Å². The van der Waals surface area contributed by atoms with E-state index in [9.17, 15) is 0 Å². The van der Waals surface area contributed by atoms with Crippen LogP contribution >= 0.6 is 0 Å². The van der Waals surface area contributed by atoms with Crippen molar-refractivity contribution in [3.05, 3.63) is 0 Å². The van der Waals surface area contributed by atoms with Crippen molar-refractivity contribution in [2.24, 2.45) is 5.41 Å². The number of hydrogen-bond donors (Lipinski definition) is 1. The fraction of sp³-hybridized carbons (Fsp3) is 0.667. The molecule has 8 heteroatoms. The standard InChI is InChI=1S/C10H6N6.C5H11N.Na/c11-4-9(5-12)2-1-3-16(8-15)10(9,6-13)7-14;1-2-4-6-5-3-1;/h1-3H2;6H,1-5H2;. The molecule has 0 unspecified atom stereocenters. The van der Waals surface area contributed by atoms with Gasteiger partial charge in [0.05, 0.1) is 12.1 Å². The number of nitriles is 5. The van der Waals surface area contributed by atoms with E-state index in [1.165, 1.54) is 32.4 Å². The van der Waals surface area contributed by atoms with Crippen molar-refractivity contribution in [3.8, 4) is 30.5 Å². The summed E-state index contributed by atoms with van der Waals surface area (Å²) in [5.74, 6) is 0. The maximum Gasteiger partial charge on any atom is 0.254 e. The minimum atomic E-state index is -2.00. The fourth-order valence-electron chi connectivity index (χ4n) is 2.64. The summed E-state index contributed by atoms with van der Waals surface area (Å²) in [6, 6.07) is 6.77. The number of hydrogen-bond acceptors (Lipinski definition) is 7. The molecule has 2 saturated heterocycles. The molecule has 23 heavy (non-hydrogen) atoms. The normalized spacial score (nSPS) is 20.4. The monoisotopic (exact) mass is 318 g/mol. The molecule has 0 bridgehead atoms. The molecule has 1 radical (unpaired) electrons. The molecule has 0 amide bonds. The van der Waals surface area contributed by atoms with Crippen LogP contribution in [0.2, 0.25) is 0 Å². The smallest absolute Gasteiger partial charge is 0.254 e. The second-order valence-corrected chi connectivity index (χ2v) is 5.23. The molecule has 7 nitrogen and oxygen atoms in total. The first-order valence-electron chi connectivity index (χ1n) is 7.19. The van der Waals surface area contributed by atoms with Crippen molar-refractivity contribution in [1.82, 2.24) is 10.2 Å². The van der Waals surface area contributed by atoms with Gasteiger partial charge in [0, 0.05) is 36.1 Å². The fourth-order valence-corrected chi connectivity index (χ4v) is 2.64. The second-order valence-electron chi connectivity index (χ2n) is 5.23. The van der Waals surface area contributed by atoms with Gasteiger partial charge in [0.1, 0.15) is 12.1 Å². The molecular formula is C15H17N7Na. The molecule has 2 aliphatic rings. The Hall–Kier alpha value is -1.79. The average molecular weight is 318 g/mol. The molecule has 0 saturated carbocycles. The summed E-state index contributed by atoms with van der Waals surface area (Å²) in [7, 11) is 0. The van der Waals surface area contributed by atoms with Gasteiger partial charge in [0.25, 0.3) is 5.54 Å². The van der Waals surface area contributed by atoms with Crippen LogP contribution < -0.4 is 5.32 Å². The van der Waals surface area contributed by atoms with E-state index in [4.69, 9.17) is 26.3 Å². The molecule has 1 N–H and O–H groups in total. The molecule has 2 heterocycles. The molecule has 0 aliphatic carbocycles. The van der Waals surface area contributed by atoms with Gasteiger partial charge in [-0.3, -0.25) is 4.90 Å². The van der Waals surface area contributed by atoms with Crippen LogP contribution in [0.5, 0.6) is 0 Å². The van der Waals surface area contributed by atoms with Gasteiger partial charge in [-0.25, -0.2) is 0 Å². The minimum Gasteiger partial charge on any atom is -0.317 e. The van der Waals surface area contributed by atoms with E-state index in [-0.39, 0.29) is 42.5 Å². The van der Waals surface area contributed by atoms with Crippen molar-refractivity contribution in [1.29, 1.82) is 26.3 Å². The first kappa shape index (κ1) is 21.2. The predicted octanol–water partition coefficient (Wildman–Crippen LogP) is 0.762. The average Bonchev–Trinajstić information content (AvgIpc) is 2.62. The number of piperidine rings is 2. The summed E-state index contributed by atoms with van der Waals surface area (Å²) in [4.78, 5) is 0.920. The Morgan fingerprint density at radius 2 is 1.35 bits per heavy atom. The zero-order chi connectivity index (χ0) is 16.5. The Kier molecular flexibility index (Phi) is 9.29.